The maximum Gasteiger partial charge on any atom is 0.251 e. The zero-order valence-electron chi connectivity index (χ0n) is 19.4. The lowest BCUT2D eigenvalue weighted by atomic mass is 9.89. The highest BCUT2D eigenvalue weighted by molar-refractivity contribution is 5.94. The SMILES string of the molecule is CCCN1CCC(c2ccc(C(=O)NCc3cnc(C#N)nc3NCC(C)C)cc2)CC1. The highest BCUT2D eigenvalue weighted by atomic mass is 16.1. The molecule has 1 aromatic heterocycles. The third-order valence-corrected chi connectivity index (χ3v) is 5.85. The van der Waals surface area contributed by atoms with E-state index in [0.29, 0.717) is 29.8 Å². The summed E-state index contributed by atoms with van der Waals surface area (Å²) >= 11 is 0. The van der Waals surface area contributed by atoms with Gasteiger partial charge in [0.05, 0.1) is 0 Å². The standard InChI is InChI=1S/C25H34N6O/c1-4-11-31-12-9-20(10-13-31)19-5-7-21(8-6-19)25(32)29-17-22-16-27-23(14-26)30-24(22)28-15-18(2)3/h5-8,16,18,20H,4,9-13,15,17H2,1-3H3,(H,29,32)(H,27,28,30). The normalized spacial score (nSPS) is 14.8. The third kappa shape index (κ3) is 6.51. The number of likely N-dealkylation sites (tertiary alicyclic amines) is 1. The van der Waals surface area contributed by atoms with Crippen molar-refractivity contribution in [3.05, 3.63) is 53.0 Å². The van der Waals surface area contributed by atoms with Gasteiger partial charge < -0.3 is 15.5 Å². The first-order chi connectivity index (χ1) is 15.5. The van der Waals surface area contributed by atoms with E-state index in [-0.39, 0.29) is 11.7 Å². The van der Waals surface area contributed by atoms with Crippen LogP contribution in [0.2, 0.25) is 0 Å². The van der Waals surface area contributed by atoms with Crippen LogP contribution in [0.3, 0.4) is 0 Å². The van der Waals surface area contributed by atoms with Crippen LogP contribution in [0, 0.1) is 17.2 Å². The molecule has 1 fully saturated rings. The average Bonchev–Trinajstić information content (AvgIpc) is 2.82. The van der Waals surface area contributed by atoms with Crippen LogP contribution in [0.25, 0.3) is 0 Å². The molecule has 0 radical (unpaired) electrons. The Balaban J connectivity index is 1.58. The molecule has 0 saturated carbocycles. The zero-order chi connectivity index (χ0) is 22.9. The molecule has 32 heavy (non-hydrogen) atoms. The molecule has 2 N–H and O–H groups in total. The molecule has 170 valence electrons. The third-order valence-electron chi connectivity index (χ3n) is 5.85. The number of nitrogens with zero attached hydrogens (tertiary/aromatic N) is 4. The lowest BCUT2D eigenvalue weighted by Crippen LogP contribution is -2.33. The second-order valence-corrected chi connectivity index (χ2v) is 8.87. The molecule has 0 bridgehead atoms. The van der Waals surface area contributed by atoms with Crippen LogP contribution in [0.15, 0.2) is 30.5 Å². The maximum absolute atomic E-state index is 12.7. The van der Waals surface area contributed by atoms with Gasteiger partial charge in [-0.2, -0.15) is 5.26 Å². The first kappa shape index (κ1) is 23.7. The van der Waals surface area contributed by atoms with Crippen molar-refractivity contribution in [2.75, 3.05) is 31.5 Å². The van der Waals surface area contributed by atoms with Crippen LogP contribution in [0.1, 0.15) is 73.3 Å². The molecule has 0 atom stereocenters. The quantitative estimate of drug-likeness (QED) is 0.621. The Hall–Kier alpha value is -2.98. The molecular formula is C25H34N6O. The number of carbonyl (C=O) groups is 1. The largest absolute Gasteiger partial charge is 0.369 e. The van der Waals surface area contributed by atoms with Crippen molar-refractivity contribution in [2.45, 2.75) is 52.5 Å². The molecule has 2 aromatic rings. The second-order valence-electron chi connectivity index (χ2n) is 8.87. The van der Waals surface area contributed by atoms with E-state index >= 15 is 0 Å². The van der Waals surface area contributed by atoms with Gasteiger partial charge in [0.1, 0.15) is 11.9 Å². The van der Waals surface area contributed by atoms with Crippen molar-refractivity contribution in [1.29, 1.82) is 5.26 Å². The predicted molar refractivity (Wildman–Crippen MR) is 126 cm³/mol. The summed E-state index contributed by atoms with van der Waals surface area (Å²) in [5, 5.41) is 15.3. The number of nitriles is 1. The van der Waals surface area contributed by atoms with Crippen LogP contribution in [0.4, 0.5) is 5.82 Å². The van der Waals surface area contributed by atoms with Gasteiger partial charge in [-0.15, -0.1) is 0 Å². The Bertz CT molecular complexity index is 926. The van der Waals surface area contributed by atoms with Crippen molar-refractivity contribution >= 4 is 11.7 Å². The van der Waals surface area contributed by atoms with Crippen molar-refractivity contribution < 1.29 is 4.79 Å². The van der Waals surface area contributed by atoms with Crippen LogP contribution in [-0.2, 0) is 6.54 Å². The summed E-state index contributed by atoms with van der Waals surface area (Å²) < 4.78 is 0. The number of piperidine rings is 1. The molecule has 3 rings (SSSR count). The minimum absolute atomic E-state index is 0.113. The zero-order valence-corrected chi connectivity index (χ0v) is 19.4. The topological polar surface area (TPSA) is 93.9 Å². The second kappa shape index (κ2) is 11.6. The van der Waals surface area contributed by atoms with E-state index in [2.05, 4.69) is 58.4 Å². The van der Waals surface area contributed by atoms with E-state index in [1.54, 1.807) is 6.20 Å². The summed E-state index contributed by atoms with van der Waals surface area (Å²) in [6, 6.07) is 9.97. The highest BCUT2D eigenvalue weighted by Crippen LogP contribution is 2.28. The van der Waals surface area contributed by atoms with Gasteiger partial charge in [-0.1, -0.05) is 32.9 Å². The summed E-state index contributed by atoms with van der Waals surface area (Å²) in [6.45, 7) is 10.9. The summed E-state index contributed by atoms with van der Waals surface area (Å²) in [5.74, 6) is 1.58. The molecular weight excluding hydrogens is 400 g/mol. The van der Waals surface area contributed by atoms with Crippen LogP contribution in [-0.4, -0.2) is 47.0 Å². The number of hydrogen-bond acceptors (Lipinski definition) is 6. The lowest BCUT2D eigenvalue weighted by molar-refractivity contribution is 0.0951. The fraction of sp³-hybridized carbons (Fsp3) is 0.520. The van der Waals surface area contributed by atoms with Gasteiger partial charge in [-0.05, 0) is 68.4 Å². The molecule has 1 saturated heterocycles. The van der Waals surface area contributed by atoms with E-state index in [0.717, 1.165) is 25.2 Å². The molecule has 0 spiro atoms. The first-order valence-corrected chi connectivity index (χ1v) is 11.6. The average molecular weight is 435 g/mol. The number of benzene rings is 1. The summed E-state index contributed by atoms with van der Waals surface area (Å²) in [5.41, 5.74) is 2.72. The van der Waals surface area contributed by atoms with E-state index in [1.807, 2.05) is 18.2 Å². The Morgan fingerprint density at radius 1 is 1.25 bits per heavy atom. The van der Waals surface area contributed by atoms with Crippen molar-refractivity contribution in [1.82, 2.24) is 20.2 Å². The van der Waals surface area contributed by atoms with Gasteiger partial charge in [-0.25, -0.2) is 9.97 Å². The van der Waals surface area contributed by atoms with Crippen LogP contribution >= 0.6 is 0 Å². The first-order valence-electron chi connectivity index (χ1n) is 11.6. The minimum atomic E-state index is -0.131. The number of hydrogen-bond donors (Lipinski definition) is 2. The Morgan fingerprint density at radius 3 is 2.59 bits per heavy atom. The number of rotatable bonds is 9. The molecule has 0 unspecified atom stereocenters. The predicted octanol–water partition coefficient (Wildman–Crippen LogP) is 3.94. The van der Waals surface area contributed by atoms with Gasteiger partial charge in [0.15, 0.2) is 0 Å². The van der Waals surface area contributed by atoms with Crippen LogP contribution < -0.4 is 10.6 Å². The number of carbonyl (C=O) groups excluding carboxylic acids is 1. The lowest BCUT2D eigenvalue weighted by Gasteiger charge is -2.32. The summed E-state index contributed by atoms with van der Waals surface area (Å²) in [7, 11) is 0. The van der Waals surface area contributed by atoms with E-state index in [1.165, 1.54) is 31.4 Å². The van der Waals surface area contributed by atoms with Crippen molar-refractivity contribution in [2.24, 2.45) is 5.92 Å². The molecule has 1 aliphatic heterocycles. The molecule has 1 amide bonds. The van der Waals surface area contributed by atoms with Gasteiger partial charge in [-0.3, -0.25) is 4.79 Å². The van der Waals surface area contributed by atoms with Gasteiger partial charge in [0.25, 0.3) is 5.91 Å². The molecule has 7 heteroatoms. The van der Waals surface area contributed by atoms with Gasteiger partial charge in [0, 0.05) is 30.4 Å². The molecule has 0 aliphatic carbocycles. The highest BCUT2D eigenvalue weighted by Gasteiger charge is 2.20. The Labute approximate surface area is 191 Å². The molecule has 1 aliphatic rings. The molecule has 1 aromatic carbocycles. The Morgan fingerprint density at radius 2 is 1.97 bits per heavy atom. The van der Waals surface area contributed by atoms with E-state index in [9.17, 15) is 4.79 Å². The van der Waals surface area contributed by atoms with Crippen LogP contribution in [0.5, 0.6) is 0 Å². The Kier molecular flexibility index (Phi) is 8.57. The fourth-order valence-electron chi connectivity index (χ4n) is 4.03. The van der Waals surface area contributed by atoms with E-state index < -0.39 is 0 Å². The monoisotopic (exact) mass is 434 g/mol. The number of nitrogens with one attached hydrogen (secondary N) is 2. The van der Waals surface area contributed by atoms with Gasteiger partial charge in [0.2, 0.25) is 5.82 Å². The minimum Gasteiger partial charge on any atom is -0.369 e. The van der Waals surface area contributed by atoms with E-state index in [4.69, 9.17) is 5.26 Å². The fourth-order valence-corrected chi connectivity index (χ4v) is 4.03. The summed E-state index contributed by atoms with van der Waals surface area (Å²) in [6.07, 6.45) is 5.16. The van der Waals surface area contributed by atoms with Gasteiger partial charge >= 0.3 is 0 Å². The smallest absolute Gasteiger partial charge is 0.251 e. The summed E-state index contributed by atoms with van der Waals surface area (Å²) in [4.78, 5) is 23.5. The number of anilines is 1. The van der Waals surface area contributed by atoms with Crippen molar-refractivity contribution in [3.8, 4) is 6.07 Å². The number of aromatic nitrogens is 2. The van der Waals surface area contributed by atoms with Crippen molar-refractivity contribution in [3.63, 3.8) is 0 Å². The molecule has 2 heterocycles. The molecule has 7 nitrogen and oxygen atoms in total. The number of amides is 1. The maximum atomic E-state index is 12.7.